The Kier molecular flexibility index (Phi) is 5.90. The SMILES string of the molecule is CN1C(=O)[C@@H](NC(=O)c2ncc(Cl)c(-c3cccc(C#N)c3)n2)COc2cc(Cl)cnc21. The molecule has 0 aliphatic carbocycles. The van der Waals surface area contributed by atoms with Crippen LogP contribution in [0.5, 0.6) is 5.75 Å². The van der Waals surface area contributed by atoms with Crippen LogP contribution >= 0.6 is 23.2 Å². The Balaban J connectivity index is 1.58. The molecule has 0 spiro atoms. The van der Waals surface area contributed by atoms with Crippen LogP contribution < -0.4 is 15.0 Å². The third-order valence-electron chi connectivity index (χ3n) is 4.67. The molecule has 0 unspecified atom stereocenters. The number of ether oxygens (including phenoxy) is 1. The van der Waals surface area contributed by atoms with Gasteiger partial charge in [0, 0.05) is 24.9 Å². The van der Waals surface area contributed by atoms with Crippen molar-refractivity contribution < 1.29 is 14.3 Å². The number of anilines is 1. The van der Waals surface area contributed by atoms with Crippen molar-refractivity contribution in [1.82, 2.24) is 20.3 Å². The zero-order valence-electron chi connectivity index (χ0n) is 16.5. The van der Waals surface area contributed by atoms with Crippen molar-refractivity contribution in [3.63, 3.8) is 0 Å². The molecule has 3 heterocycles. The maximum absolute atomic E-state index is 12.8. The number of carbonyl (C=O) groups is 2. The van der Waals surface area contributed by atoms with Crippen LogP contribution in [0.15, 0.2) is 42.7 Å². The Morgan fingerprint density at radius 2 is 2.09 bits per heavy atom. The van der Waals surface area contributed by atoms with Gasteiger partial charge in [0.15, 0.2) is 11.6 Å². The summed E-state index contributed by atoms with van der Waals surface area (Å²) in [6.07, 6.45) is 2.69. The largest absolute Gasteiger partial charge is 0.487 e. The molecule has 1 N–H and O–H groups in total. The maximum Gasteiger partial charge on any atom is 0.289 e. The van der Waals surface area contributed by atoms with Crippen LogP contribution in [-0.2, 0) is 4.79 Å². The Hall–Kier alpha value is -3.74. The van der Waals surface area contributed by atoms with Gasteiger partial charge in [0.05, 0.1) is 33.6 Å². The minimum Gasteiger partial charge on any atom is -0.487 e. The molecule has 2 amide bonds. The summed E-state index contributed by atoms with van der Waals surface area (Å²) < 4.78 is 5.64. The average molecular weight is 469 g/mol. The molecule has 32 heavy (non-hydrogen) atoms. The summed E-state index contributed by atoms with van der Waals surface area (Å²) in [7, 11) is 1.52. The summed E-state index contributed by atoms with van der Waals surface area (Å²) in [5, 5.41) is 12.3. The highest BCUT2D eigenvalue weighted by Crippen LogP contribution is 2.30. The minimum atomic E-state index is -1.01. The van der Waals surface area contributed by atoms with Crippen LogP contribution in [0.1, 0.15) is 16.2 Å². The van der Waals surface area contributed by atoms with Crippen molar-refractivity contribution in [1.29, 1.82) is 5.26 Å². The smallest absolute Gasteiger partial charge is 0.289 e. The number of carbonyl (C=O) groups excluding carboxylic acids is 2. The Morgan fingerprint density at radius 3 is 2.88 bits per heavy atom. The third kappa shape index (κ3) is 4.19. The molecule has 11 heteroatoms. The second-order valence-electron chi connectivity index (χ2n) is 6.79. The monoisotopic (exact) mass is 468 g/mol. The van der Waals surface area contributed by atoms with Gasteiger partial charge >= 0.3 is 0 Å². The standard InChI is InChI=1S/C21H14Cl2N6O3/c1-29-19-16(6-13(22)8-26-19)32-10-15(21(29)31)27-20(30)18-25-9-14(23)17(28-18)12-4-2-3-11(5-12)7-24/h2-6,8-9,15H,10H2,1H3,(H,27,30)/t15-/m0/s1. The molecule has 1 aliphatic heterocycles. The molecule has 0 saturated heterocycles. The predicted molar refractivity (Wildman–Crippen MR) is 117 cm³/mol. The first-order valence-electron chi connectivity index (χ1n) is 9.27. The van der Waals surface area contributed by atoms with Crippen LogP contribution in [0.25, 0.3) is 11.3 Å². The number of benzene rings is 1. The number of nitriles is 1. The summed E-state index contributed by atoms with van der Waals surface area (Å²) in [6.45, 7) is -0.130. The lowest BCUT2D eigenvalue weighted by Crippen LogP contribution is -2.49. The summed E-state index contributed by atoms with van der Waals surface area (Å²) in [5.41, 5.74) is 1.26. The molecule has 9 nitrogen and oxygen atoms in total. The van der Waals surface area contributed by atoms with Crippen LogP contribution in [0.4, 0.5) is 5.82 Å². The van der Waals surface area contributed by atoms with Crippen molar-refractivity contribution in [2.75, 3.05) is 18.6 Å². The van der Waals surface area contributed by atoms with E-state index in [4.69, 9.17) is 33.2 Å². The predicted octanol–water partition coefficient (Wildman–Crippen LogP) is 2.87. The fraction of sp³-hybridized carbons (Fsp3) is 0.143. The van der Waals surface area contributed by atoms with Gasteiger partial charge in [0.2, 0.25) is 5.82 Å². The number of hydrogen-bond donors (Lipinski definition) is 1. The van der Waals surface area contributed by atoms with E-state index in [9.17, 15) is 9.59 Å². The van der Waals surface area contributed by atoms with E-state index in [2.05, 4.69) is 20.3 Å². The maximum atomic E-state index is 12.8. The van der Waals surface area contributed by atoms with E-state index < -0.39 is 17.9 Å². The number of nitrogens with zero attached hydrogens (tertiary/aromatic N) is 5. The molecule has 1 aliphatic rings. The normalized spacial score (nSPS) is 15.2. The second-order valence-corrected chi connectivity index (χ2v) is 7.64. The van der Waals surface area contributed by atoms with E-state index in [0.717, 1.165) is 0 Å². The average Bonchev–Trinajstić information content (AvgIpc) is 2.91. The minimum absolute atomic E-state index is 0.130. The highest BCUT2D eigenvalue weighted by Gasteiger charge is 2.32. The molecule has 2 aromatic heterocycles. The summed E-state index contributed by atoms with van der Waals surface area (Å²) in [5.74, 6) is -0.689. The first-order chi connectivity index (χ1) is 15.4. The second kappa shape index (κ2) is 8.78. The molecule has 0 radical (unpaired) electrons. The number of hydrogen-bond acceptors (Lipinski definition) is 7. The van der Waals surface area contributed by atoms with Crippen molar-refractivity contribution >= 4 is 40.8 Å². The number of halogens is 2. The number of rotatable bonds is 3. The molecule has 3 aromatic rings. The lowest BCUT2D eigenvalue weighted by molar-refractivity contribution is -0.120. The number of amides is 2. The lowest BCUT2D eigenvalue weighted by atomic mass is 10.1. The molecular formula is C21H14Cl2N6O3. The first-order valence-corrected chi connectivity index (χ1v) is 10.0. The van der Waals surface area contributed by atoms with Gasteiger partial charge in [-0.15, -0.1) is 0 Å². The summed E-state index contributed by atoms with van der Waals surface area (Å²) >= 11 is 12.2. The Bertz CT molecular complexity index is 1280. The van der Waals surface area contributed by atoms with Crippen molar-refractivity contribution in [2.45, 2.75) is 6.04 Å². The van der Waals surface area contributed by atoms with Gasteiger partial charge in [-0.3, -0.25) is 14.5 Å². The van der Waals surface area contributed by atoms with Crippen LogP contribution in [0.2, 0.25) is 10.0 Å². The van der Waals surface area contributed by atoms with Gasteiger partial charge in [-0.05, 0) is 12.1 Å². The van der Waals surface area contributed by atoms with Gasteiger partial charge in [-0.1, -0.05) is 35.3 Å². The molecule has 160 valence electrons. The molecular weight excluding hydrogens is 455 g/mol. The zero-order valence-corrected chi connectivity index (χ0v) is 18.1. The van der Waals surface area contributed by atoms with E-state index in [-0.39, 0.29) is 23.1 Å². The van der Waals surface area contributed by atoms with E-state index >= 15 is 0 Å². The number of nitrogens with one attached hydrogen (secondary N) is 1. The molecule has 0 fully saturated rings. The van der Waals surface area contributed by atoms with Gasteiger partial charge in [-0.25, -0.2) is 15.0 Å². The van der Waals surface area contributed by atoms with Crippen LogP contribution in [0, 0.1) is 11.3 Å². The molecule has 0 saturated carbocycles. The highest BCUT2D eigenvalue weighted by molar-refractivity contribution is 6.33. The Morgan fingerprint density at radius 1 is 1.28 bits per heavy atom. The van der Waals surface area contributed by atoms with Gasteiger partial charge in [0.25, 0.3) is 11.8 Å². The zero-order chi connectivity index (χ0) is 22.8. The summed E-state index contributed by atoms with van der Waals surface area (Å²) in [6, 6.07) is 9.21. The van der Waals surface area contributed by atoms with Crippen molar-refractivity contribution in [3.8, 4) is 23.1 Å². The molecule has 1 aromatic carbocycles. The van der Waals surface area contributed by atoms with Gasteiger partial charge < -0.3 is 10.1 Å². The van der Waals surface area contributed by atoms with Crippen LogP contribution in [-0.4, -0.2) is 46.5 Å². The Labute approximate surface area is 192 Å². The first kappa shape index (κ1) is 21.5. The highest BCUT2D eigenvalue weighted by atomic mass is 35.5. The quantitative estimate of drug-likeness (QED) is 0.626. The third-order valence-corrected chi connectivity index (χ3v) is 5.15. The number of pyridine rings is 1. The van der Waals surface area contributed by atoms with E-state index in [0.29, 0.717) is 27.7 Å². The fourth-order valence-electron chi connectivity index (χ4n) is 3.10. The van der Waals surface area contributed by atoms with E-state index in [1.165, 1.54) is 24.3 Å². The molecule has 1 atom stereocenters. The van der Waals surface area contributed by atoms with Crippen LogP contribution in [0.3, 0.4) is 0 Å². The number of likely N-dealkylation sites (N-methyl/N-ethyl adjacent to an activating group) is 1. The van der Waals surface area contributed by atoms with E-state index in [1.54, 1.807) is 30.3 Å². The van der Waals surface area contributed by atoms with E-state index in [1.807, 2.05) is 6.07 Å². The number of fused-ring (bicyclic) bond motifs is 1. The van der Waals surface area contributed by atoms with Gasteiger partial charge in [0.1, 0.15) is 12.6 Å². The summed E-state index contributed by atoms with van der Waals surface area (Å²) in [4.78, 5) is 39.3. The number of aromatic nitrogens is 3. The van der Waals surface area contributed by atoms with Crippen molar-refractivity contribution in [3.05, 3.63) is 64.2 Å². The lowest BCUT2D eigenvalue weighted by Gasteiger charge is -2.19. The molecule has 4 rings (SSSR count). The fourth-order valence-corrected chi connectivity index (χ4v) is 3.44. The van der Waals surface area contributed by atoms with Gasteiger partial charge in [-0.2, -0.15) is 5.26 Å². The molecule has 0 bridgehead atoms. The van der Waals surface area contributed by atoms with Crippen molar-refractivity contribution in [2.24, 2.45) is 0 Å². The topological polar surface area (TPSA) is 121 Å².